The minimum absolute atomic E-state index is 0.597. The van der Waals surface area contributed by atoms with Gasteiger partial charge in [-0.05, 0) is 45.0 Å². The van der Waals surface area contributed by atoms with Crippen molar-refractivity contribution < 1.29 is 9.47 Å². The summed E-state index contributed by atoms with van der Waals surface area (Å²) in [6.45, 7) is 6.51. The number of rotatable bonds is 7. The van der Waals surface area contributed by atoms with E-state index in [0.29, 0.717) is 29.0 Å². The lowest BCUT2D eigenvalue weighted by Gasteiger charge is -2.09. The summed E-state index contributed by atoms with van der Waals surface area (Å²) in [7, 11) is 1.64. The standard InChI is InChI=1S/C20H21N5O2S2/c1-5-27-16-7-6-14(9-17(16)26-4)18-22-15(10-28-18)11-29-20-23-19-21-12(2)8-13(3)25(19)24-20/h6-10H,5,11H2,1-4H3. The third-order valence-corrected chi connectivity index (χ3v) is 6.02. The normalized spacial score (nSPS) is 11.2. The first-order valence-electron chi connectivity index (χ1n) is 9.16. The molecule has 0 saturated carbocycles. The van der Waals surface area contributed by atoms with Gasteiger partial charge in [0.2, 0.25) is 5.16 Å². The van der Waals surface area contributed by atoms with Crippen LogP contribution in [0.5, 0.6) is 11.5 Å². The number of hydrogen-bond donors (Lipinski definition) is 0. The first-order valence-corrected chi connectivity index (χ1v) is 11.0. The summed E-state index contributed by atoms with van der Waals surface area (Å²) in [6, 6.07) is 7.88. The third kappa shape index (κ3) is 4.20. The number of ether oxygens (including phenoxy) is 2. The van der Waals surface area contributed by atoms with Gasteiger partial charge in [0.25, 0.3) is 5.78 Å². The zero-order chi connectivity index (χ0) is 20.4. The summed E-state index contributed by atoms with van der Waals surface area (Å²) >= 11 is 3.16. The number of aryl methyl sites for hydroxylation is 2. The molecule has 7 nitrogen and oxygen atoms in total. The Balaban J connectivity index is 1.49. The maximum atomic E-state index is 5.59. The molecule has 0 amide bonds. The number of thioether (sulfide) groups is 1. The molecule has 3 aromatic heterocycles. The second-order valence-electron chi connectivity index (χ2n) is 6.38. The Morgan fingerprint density at radius 2 is 1.97 bits per heavy atom. The lowest BCUT2D eigenvalue weighted by molar-refractivity contribution is 0.311. The first kappa shape index (κ1) is 19.7. The Labute approximate surface area is 177 Å². The molecule has 4 rings (SSSR count). The summed E-state index contributed by atoms with van der Waals surface area (Å²) in [5.41, 5.74) is 3.95. The predicted octanol–water partition coefficient (Wildman–Crippen LogP) is 4.56. The zero-order valence-corrected chi connectivity index (χ0v) is 18.3. The number of fused-ring (bicyclic) bond motifs is 1. The largest absolute Gasteiger partial charge is 0.493 e. The molecular weight excluding hydrogens is 406 g/mol. The molecule has 0 atom stereocenters. The van der Waals surface area contributed by atoms with Crippen molar-refractivity contribution in [3.8, 4) is 22.1 Å². The number of hydrogen-bond acceptors (Lipinski definition) is 8. The highest BCUT2D eigenvalue weighted by atomic mass is 32.2. The van der Waals surface area contributed by atoms with Crippen LogP contribution in [0.25, 0.3) is 16.3 Å². The summed E-state index contributed by atoms with van der Waals surface area (Å²) < 4.78 is 12.8. The highest BCUT2D eigenvalue weighted by Gasteiger charge is 2.12. The molecule has 4 aromatic rings. The second kappa shape index (κ2) is 8.38. The van der Waals surface area contributed by atoms with Crippen LogP contribution in [0.3, 0.4) is 0 Å². The van der Waals surface area contributed by atoms with E-state index in [1.54, 1.807) is 34.7 Å². The van der Waals surface area contributed by atoms with Crippen LogP contribution in [-0.2, 0) is 5.75 Å². The van der Waals surface area contributed by atoms with E-state index in [4.69, 9.17) is 14.5 Å². The number of methoxy groups -OCH3 is 1. The topological polar surface area (TPSA) is 74.4 Å². The van der Waals surface area contributed by atoms with Gasteiger partial charge >= 0.3 is 0 Å². The Morgan fingerprint density at radius 1 is 1.10 bits per heavy atom. The van der Waals surface area contributed by atoms with E-state index in [0.717, 1.165) is 33.4 Å². The highest BCUT2D eigenvalue weighted by Crippen LogP contribution is 2.34. The minimum atomic E-state index is 0.597. The SMILES string of the molecule is CCOc1ccc(-c2nc(CSc3nc4nc(C)cc(C)n4n3)cs2)cc1OC. The molecule has 0 fully saturated rings. The van der Waals surface area contributed by atoms with Crippen molar-refractivity contribution in [2.45, 2.75) is 31.7 Å². The van der Waals surface area contributed by atoms with Gasteiger partial charge in [-0.25, -0.2) is 14.5 Å². The van der Waals surface area contributed by atoms with E-state index in [1.807, 2.05) is 45.0 Å². The Bertz CT molecular complexity index is 1160. The minimum Gasteiger partial charge on any atom is -0.493 e. The van der Waals surface area contributed by atoms with Crippen LogP contribution < -0.4 is 9.47 Å². The highest BCUT2D eigenvalue weighted by molar-refractivity contribution is 7.98. The van der Waals surface area contributed by atoms with E-state index in [1.165, 1.54) is 0 Å². The van der Waals surface area contributed by atoms with Gasteiger partial charge < -0.3 is 9.47 Å². The molecule has 0 saturated heterocycles. The molecule has 150 valence electrons. The maximum Gasteiger partial charge on any atom is 0.253 e. The van der Waals surface area contributed by atoms with E-state index in [2.05, 4.69) is 20.4 Å². The smallest absolute Gasteiger partial charge is 0.253 e. The number of nitrogens with zero attached hydrogens (tertiary/aromatic N) is 5. The zero-order valence-electron chi connectivity index (χ0n) is 16.7. The predicted molar refractivity (Wildman–Crippen MR) is 115 cm³/mol. The third-order valence-electron chi connectivity index (χ3n) is 4.21. The van der Waals surface area contributed by atoms with Gasteiger partial charge in [0.1, 0.15) is 5.01 Å². The lowest BCUT2D eigenvalue weighted by atomic mass is 10.2. The molecule has 0 radical (unpaired) electrons. The van der Waals surface area contributed by atoms with Crippen molar-refractivity contribution in [1.29, 1.82) is 0 Å². The average Bonchev–Trinajstić information content (AvgIpc) is 3.34. The Morgan fingerprint density at radius 3 is 2.76 bits per heavy atom. The summed E-state index contributed by atoms with van der Waals surface area (Å²) in [5.74, 6) is 2.77. The van der Waals surface area contributed by atoms with E-state index in [9.17, 15) is 0 Å². The van der Waals surface area contributed by atoms with Gasteiger partial charge in [0.15, 0.2) is 11.5 Å². The van der Waals surface area contributed by atoms with E-state index < -0.39 is 0 Å². The summed E-state index contributed by atoms with van der Waals surface area (Å²) in [4.78, 5) is 13.7. The van der Waals surface area contributed by atoms with Crippen LogP contribution in [0, 0.1) is 13.8 Å². The Hall–Kier alpha value is -2.65. The fourth-order valence-electron chi connectivity index (χ4n) is 2.93. The monoisotopic (exact) mass is 427 g/mol. The Kier molecular flexibility index (Phi) is 5.68. The van der Waals surface area contributed by atoms with Crippen molar-refractivity contribution in [1.82, 2.24) is 24.6 Å². The molecule has 3 heterocycles. The van der Waals surface area contributed by atoms with Crippen molar-refractivity contribution >= 4 is 28.9 Å². The summed E-state index contributed by atoms with van der Waals surface area (Å²) in [6.07, 6.45) is 0. The van der Waals surface area contributed by atoms with Crippen molar-refractivity contribution in [2.24, 2.45) is 0 Å². The van der Waals surface area contributed by atoms with Crippen LogP contribution in [0.1, 0.15) is 24.0 Å². The van der Waals surface area contributed by atoms with Crippen LogP contribution in [0.2, 0.25) is 0 Å². The fourth-order valence-corrected chi connectivity index (χ4v) is 4.56. The molecule has 0 spiro atoms. The molecule has 0 aliphatic carbocycles. The molecule has 0 aliphatic rings. The molecule has 1 aromatic carbocycles. The number of thiazole rings is 1. The first-order chi connectivity index (χ1) is 14.1. The molecule has 0 N–H and O–H groups in total. The van der Waals surface area contributed by atoms with E-state index in [-0.39, 0.29) is 0 Å². The van der Waals surface area contributed by atoms with Gasteiger partial charge in [0.05, 0.1) is 19.4 Å². The molecule has 9 heteroatoms. The molecular formula is C20H21N5O2S2. The van der Waals surface area contributed by atoms with Crippen molar-refractivity contribution in [2.75, 3.05) is 13.7 Å². The second-order valence-corrected chi connectivity index (χ2v) is 8.18. The van der Waals surface area contributed by atoms with Crippen molar-refractivity contribution in [3.63, 3.8) is 0 Å². The van der Waals surface area contributed by atoms with Crippen LogP contribution in [0.15, 0.2) is 34.8 Å². The van der Waals surface area contributed by atoms with Gasteiger partial charge in [0, 0.05) is 28.1 Å². The number of aromatic nitrogens is 5. The summed E-state index contributed by atoms with van der Waals surface area (Å²) in [5, 5.41) is 8.24. The van der Waals surface area contributed by atoms with Gasteiger partial charge in [-0.15, -0.1) is 16.4 Å². The van der Waals surface area contributed by atoms with Crippen LogP contribution >= 0.6 is 23.1 Å². The molecule has 0 aliphatic heterocycles. The van der Waals surface area contributed by atoms with Crippen molar-refractivity contribution in [3.05, 3.63) is 46.7 Å². The fraction of sp³-hybridized carbons (Fsp3) is 0.300. The quantitative estimate of drug-likeness (QED) is 0.400. The average molecular weight is 428 g/mol. The van der Waals surface area contributed by atoms with Crippen LogP contribution in [0.4, 0.5) is 0 Å². The lowest BCUT2D eigenvalue weighted by Crippen LogP contribution is -1.97. The maximum absolute atomic E-state index is 5.59. The van der Waals surface area contributed by atoms with Gasteiger partial charge in [-0.3, -0.25) is 0 Å². The van der Waals surface area contributed by atoms with Gasteiger partial charge in [-0.1, -0.05) is 11.8 Å². The van der Waals surface area contributed by atoms with E-state index >= 15 is 0 Å². The molecule has 0 unspecified atom stereocenters. The molecule has 0 bridgehead atoms. The molecule has 29 heavy (non-hydrogen) atoms. The van der Waals surface area contributed by atoms with Crippen LogP contribution in [-0.4, -0.2) is 38.3 Å². The number of benzene rings is 1. The van der Waals surface area contributed by atoms with Gasteiger partial charge in [-0.2, -0.15) is 4.98 Å².